The van der Waals surface area contributed by atoms with Crippen LogP contribution in [0.1, 0.15) is 17.3 Å². The molecule has 2 N–H and O–H groups in total. The highest BCUT2D eigenvalue weighted by Gasteiger charge is 2.20. The van der Waals surface area contributed by atoms with Gasteiger partial charge < -0.3 is 5.73 Å². The number of carbonyl (C=O) groups is 1. The number of primary amides is 1. The molecule has 0 unspecified atom stereocenters. The van der Waals surface area contributed by atoms with Crippen molar-refractivity contribution in [3.8, 4) is 12.3 Å². The lowest BCUT2D eigenvalue weighted by molar-refractivity contribution is 0.100. The summed E-state index contributed by atoms with van der Waals surface area (Å²) < 4.78 is 0. The molecular formula is C22H20NOP. The van der Waals surface area contributed by atoms with E-state index in [-0.39, 0.29) is 5.91 Å². The fourth-order valence-corrected chi connectivity index (χ4v) is 4.91. The molecule has 0 fully saturated rings. The molecule has 0 aliphatic heterocycles. The molecule has 0 aromatic heterocycles. The monoisotopic (exact) mass is 345 g/mol. The van der Waals surface area contributed by atoms with Gasteiger partial charge in [-0.3, -0.25) is 4.79 Å². The van der Waals surface area contributed by atoms with Crippen molar-refractivity contribution in [2.45, 2.75) is 6.92 Å². The van der Waals surface area contributed by atoms with Gasteiger partial charge in [0.05, 0.1) is 0 Å². The minimum absolute atomic E-state index is 0.380. The van der Waals surface area contributed by atoms with Gasteiger partial charge in [0, 0.05) is 5.56 Å². The van der Waals surface area contributed by atoms with Crippen molar-refractivity contribution in [3.63, 3.8) is 0 Å². The third-order valence-corrected chi connectivity index (χ3v) is 5.94. The molecule has 0 spiro atoms. The summed E-state index contributed by atoms with van der Waals surface area (Å²) in [5.74, 6) is 1.87. The lowest BCUT2D eigenvalue weighted by Crippen LogP contribution is -2.27. The van der Waals surface area contributed by atoms with Gasteiger partial charge in [-0.05, 0) is 36.8 Å². The number of hydrogen-bond donors (Lipinski definition) is 1. The summed E-state index contributed by atoms with van der Waals surface area (Å²) in [5.41, 5.74) is 6.18. The molecule has 1 amide bonds. The normalized spacial score (nSPS) is 9.64. The van der Waals surface area contributed by atoms with E-state index >= 15 is 0 Å². The number of carbonyl (C=O) groups excluding carboxylic acids is 1. The Morgan fingerprint density at radius 3 is 1.68 bits per heavy atom. The Labute approximate surface area is 150 Å². The van der Waals surface area contributed by atoms with Crippen LogP contribution in [-0.4, -0.2) is 5.91 Å². The van der Waals surface area contributed by atoms with Gasteiger partial charge in [0.15, 0.2) is 0 Å². The second kappa shape index (κ2) is 9.42. The topological polar surface area (TPSA) is 43.1 Å². The van der Waals surface area contributed by atoms with Crippen LogP contribution in [0.4, 0.5) is 0 Å². The number of amides is 1. The highest BCUT2D eigenvalue weighted by molar-refractivity contribution is 7.80. The molecule has 0 aliphatic carbocycles. The van der Waals surface area contributed by atoms with Gasteiger partial charge in [-0.2, -0.15) is 0 Å². The molecule has 3 heteroatoms. The van der Waals surface area contributed by atoms with Crippen LogP contribution < -0.4 is 21.6 Å². The smallest absolute Gasteiger partial charge is 0.249 e. The Morgan fingerprint density at radius 2 is 1.24 bits per heavy atom. The molecular weight excluding hydrogens is 325 g/mol. The van der Waals surface area contributed by atoms with Crippen LogP contribution in [0, 0.1) is 12.3 Å². The summed E-state index contributed by atoms with van der Waals surface area (Å²) in [4.78, 5) is 11.8. The Bertz CT molecular complexity index is 814. The van der Waals surface area contributed by atoms with Gasteiger partial charge in [-0.15, -0.1) is 12.3 Å². The maximum absolute atomic E-state index is 11.8. The lowest BCUT2D eigenvalue weighted by Gasteiger charge is -2.21. The Morgan fingerprint density at radius 1 is 0.840 bits per heavy atom. The van der Waals surface area contributed by atoms with Crippen LogP contribution in [-0.2, 0) is 0 Å². The average Bonchev–Trinajstić information content (AvgIpc) is 2.65. The first kappa shape index (κ1) is 18.5. The molecule has 25 heavy (non-hydrogen) atoms. The molecule has 0 bridgehead atoms. The maximum Gasteiger partial charge on any atom is 0.249 e. The number of terminal acetylenes is 1. The minimum atomic E-state index is -0.800. The van der Waals surface area contributed by atoms with Crippen molar-refractivity contribution in [1.82, 2.24) is 0 Å². The van der Waals surface area contributed by atoms with E-state index in [1.165, 1.54) is 10.6 Å². The summed E-state index contributed by atoms with van der Waals surface area (Å²) in [6.45, 7) is 1.65. The second-order valence-corrected chi connectivity index (χ2v) is 7.36. The van der Waals surface area contributed by atoms with Gasteiger partial charge >= 0.3 is 0 Å². The largest absolute Gasteiger partial charge is 0.366 e. The summed E-state index contributed by atoms with van der Waals surface area (Å²) in [7, 11) is -0.800. The van der Waals surface area contributed by atoms with Crippen molar-refractivity contribution in [3.05, 3.63) is 90.5 Å². The van der Waals surface area contributed by atoms with Crippen LogP contribution in [0.15, 0.2) is 84.9 Å². The highest BCUT2D eigenvalue weighted by Crippen LogP contribution is 2.33. The fourth-order valence-electron chi connectivity index (χ4n) is 2.46. The van der Waals surface area contributed by atoms with Gasteiger partial charge in [-0.25, -0.2) is 0 Å². The zero-order valence-electron chi connectivity index (χ0n) is 14.1. The Balaban J connectivity index is 0.000000701. The minimum Gasteiger partial charge on any atom is -0.366 e. The number of nitrogens with two attached hydrogens (primary N) is 1. The Kier molecular flexibility index (Phi) is 6.96. The molecule has 0 atom stereocenters. The average molecular weight is 345 g/mol. The van der Waals surface area contributed by atoms with Crippen molar-refractivity contribution in [2.24, 2.45) is 5.73 Å². The predicted molar refractivity (Wildman–Crippen MR) is 108 cm³/mol. The van der Waals surface area contributed by atoms with Gasteiger partial charge in [0.2, 0.25) is 5.91 Å². The van der Waals surface area contributed by atoms with E-state index < -0.39 is 7.92 Å². The van der Waals surface area contributed by atoms with E-state index in [0.717, 1.165) is 5.30 Å². The molecule has 124 valence electrons. The summed E-state index contributed by atoms with van der Waals surface area (Å²) in [6.07, 6.45) is 4.60. The zero-order chi connectivity index (χ0) is 18.1. The Hall–Kier alpha value is -2.88. The number of benzene rings is 3. The summed E-state index contributed by atoms with van der Waals surface area (Å²) >= 11 is 0. The summed E-state index contributed by atoms with van der Waals surface area (Å²) in [5, 5.41) is 3.41. The number of rotatable bonds is 4. The van der Waals surface area contributed by atoms with E-state index in [2.05, 4.69) is 36.6 Å². The molecule has 3 aromatic carbocycles. The first-order chi connectivity index (χ1) is 12.2. The highest BCUT2D eigenvalue weighted by atomic mass is 31.1. The van der Waals surface area contributed by atoms with E-state index in [9.17, 15) is 4.79 Å². The SMILES string of the molecule is C#CC.NC(=O)c1ccccc1P(c1ccccc1)c1ccccc1. The van der Waals surface area contributed by atoms with Crippen molar-refractivity contribution in [1.29, 1.82) is 0 Å². The predicted octanol–water partition coefficient (Wildman–Crippen LogP) is 3.18. The molecule has 0 aliphatic rings. The molecule has 3 aromatic rings. The van der Waals surface area contributed by atoms with Crippen molar-refractivity contribution in [2.75, 3.05) is 0 Å². The van der Waals surface area contributed by atoms with Crippen LogP contribution in [0.3, 0.4) is 0 Å². The second-order valence-electron chi connectivity index (χ2n) is 5.18. The first-order valence-corrected chi connectivity index (χ1v) is 9.19. The van der Waals surface area contributed by atoms with Gasteiger partial charge in [0.1, 0.15) is 0 Å². The summed E-state index contributed by atoms with van der Waals surface area (Å²) in [6, 6.07) is 28.2. The van der Waals surface area contributed by atoms with Crippen LogP contribution in [0.2, 0.25) is 0 Å². The van der Waals surface area contributed by atoms with E-state index in [4.69, 9.17) is 5.73 Å². The molecule has 3 rings (SSSR count). The molecule has 0 saturated heterocycles. The third-order valence-electron chi connectivity index (χ3n) is 3.44. The molecule has 0 radical (unpaired) electrons. The van der Waals surface area contributed by atoms with E-state index in [0.29, 0.717) is 5.56 Å². The van der Waals surface area contributed by atoms with Gasteiger partial charge in [0.25, 0.3) is 0 Å². The fraction of sp³-hybridized carbons (Fsp3) is 0.0455. The first-order valence-electron chi connectivity index (χ1n) is 7.85. The van der Waals surface area contributed by atoms with Crippen molar-refractivity contribution >= 4 is 29.7 Å². The van der Waals surface area contributed by atoms with E-state index in [1.807, 2.05) is 54.6 Å². The van der Waals surface area contributed by atoms with Gasteiger partial charge in [-0.1, -0.05) is 78.9 Å². The maximum atomic E-state index is 11.8. The standard InChI is InChI=1S/C19H16NOP.C3H4/c20-19(21)17-13-7-8-14-18(17)22(15-9-3-1-4-10-15)16-11-5-2-6-12-16;1-3-2/h1-14H,(H2,20,21);1H,2H3. The third kappa shape index (κ3) is 4.80. The van der Waals surface area contributed by atoms with E-state index in [1.54, 1.807) is 13.0 Å². The van der Waals surface area contributed by atoms with Crippen molar-refractivity contribution < 1.29 is 4.79 Å². The molecule has 0 saturated carbocycles. The molecule has 2 nitrogen and oxygen atoms in total. The van der Waals surface area contributed by atoms with Crippen LogP contribution in [0.25, 0.3) is 0 Å². The van der Waals surface area contributed by atoms with Crippen LogP contribution in [0.5, 0.6) is 0 Å². The molecule has 0 heterocycles. The lowest BCUT2D eigenvalue weighted by atomic mass is 10.2. The van der Waals surface area contributed by atoms with Crippen LogP contribution >= 0.6 is 7.92 Å². The quantitative estimate of drug-likeness (QED) is 0.573. The number of hydrogen-bond acceptors (Lipinski definition) is 1. The zero-order valence-corrected chi connectivity index (χ0v) is 15.0.